The first-order chi connectivity index (χ1) is 13.9. The molecule has 0 aliphatic heterocycles. The van der Waals surface area contributed by atoms with Crippen LogP contribution >= 0.6 is 0 Å². The maximum atomic E-state index is 13.0. The Balaban J connectivity index is 2.19. The monoisotopic (exact) mass is 397 g/mol. The lowest BCUT2D eigenvalue weighted by Gasteiger charge is -2.23. The third-order valence-corrected chi connectivity index (χ3v) is 4.31. The SMILES string of the molecule is COC(=O)C(CC(C)C)NC(=O)C(Cc1ccccc1)NC(=O)c1ccccn1. The van der Waals surface area contributed by atoms with Gasteiger partial charge in [0.2, 0.25) is 5.91 Å². The van der Waals surface area contributed by atoms with Crippen LogP contribution in [0.4, 0.5) is 0 Å². The van der Waals surface area contributed by atoms with Crippen molar-refractivity contribution in [2.45, 2.75) is 38.8 Å². The molecular weight excluding hydrogens is 370 g/mol. The van der Waals surface area contributed by atoms with E-state index < -0.39 is 29.9 Å². The van der Waals surface area contributed by atoms with Gasteiger partial charge in [0.05, 0.1) is 7.11 Å². The molecule has 1 aromatic carbocycles. The van der Waals surface area contributed by atoms with E-state index >= 15 is 0 Å². The zero-order valence-electron chi connectivity index (χ0n) is 16.9. The van der Waals surface area contributed by atoms with Gasteiger partial charge in [-0.2, -0.15) is 0 Å². The Morgan fingerprint density at radius 3 is 2.24 bits per heavy atom. The maximum absolute atomic E-state index is 13.0. The predicted molar refractivity (Wildman–Crippen MR) is 109 cm³/mol. The summed E-state index contributed by atoms with van der Waals surface area (Å²) in [4.78, 5) is 41.6. The van der Waals surface area contributed by atoms with Gasteiger partial charge in [-0.05, 0) is 30.0 Å². The highest BCUT2D eigenvalue weighted by Gasteiger charge is 2.28. The number of hydrogen-bond acceptors (Lipinski definition) is 5. The van der Waals surface area contributed by atoms with Crippen LogP contribution in [0.3, 0.4) is 0 Å². The first kappa shape index (κ1) is 22.1. The van der Waals surface area contributed by atoms with Gasteiger partial charge in [-0.15, -0.1) is 0 Å². The standard InChI is InChI=1S/C22H27N3O4/c1-15(2)13-19(22(28)29-3)25-21(27)18(14-16-9-5-4-6-10-16)24-20(26)17-11-7-8-12-23-17/h4-12,15,18-19H,13-14H2,1-3H3,(H,24,26)(H,25,27). The third-order valence-electron chi connectivity index (χ3n) is 4.31. The molecule has 0 saturated heterocycles. The predicted octanol–water partition coefficient (Wildman–Crippen LogP) is 2.13. The largest absolute Gasteiger partial charge is 0.467 e. The number of carbonyl (C=O) groups excluding carboxylic acids is 3. The number of methoxy groups -OCH3 is 1. The Morgan fingerprint density at radius 1 is 0.966 bits per heavy atom. The lowest BCUT2D eigenvalue weighted by Crippen LogP contribution is -2.53. The van der Waals surface area contributed by atoms with Crippen LogP contribution in [0.2, 0.25) is 0 Å². The van der Waals surface area contributed by atoms with Gasteiger partial charge in [0.15, 0.2) is 0 Å². The highest BCUT2D eigenvalue weighted by atomic mass is 16.5. The average molecular weight is 397 g/mol. The summed E-state index contributed by atoms with van der Waals surface area (Å²) in [7, 11) is 1.28. The van der Waals surface area contributed by atoms with E-state index in [1.54, 1.807) is 18.2 Å². The van der Waals surface area contributed by atoms with E-state index in [9.17, 15) is 14.4 Å². The topological polar surface area (TPSA) is 97.4 Å². The van der Waals surface area contributed by atoms with E-state index in [1.807, 2.05) is 44.2 Å². The summed E-state index contributed by atoms with van der Waals surface area (Å²) < 4.78 is 4.81. The number of hydrogen-bond donors (Lipinski definition) is 2. The van der Waals surface area contributed by atoms with Crippen molar-refractivity contribution in [2.75, 3.05) is 7.11 Å². The maximum Gasteiger partial charge on any atom is 0.328 e. The second-order valence-corrected chi connectivity index (χ2v) is 7.14. The summed E-state index contributed by atoms with van der Waals surface area (Å²) in [6, 6.07) is 12.7. The molecule has 0 radical (unpaired) electrons. The zero-order chi connectivity index (χ0) is 21.2. The molecule has 29 heavy (non-hydrogen) atoms. The molecule has 1 aromatic heterocycles. The molecule has 0 aliphatic carbocycles. The molecule has 0 aliphatic rings. The lowest BCUT2D eigenvalue weighted by molar-refractivity contribution is -0.145. The molecule has 2 unspecified atom stereocenters. The number of nitrogens with one attached hydrogen (secondary N) is 2. The van der Waals surface area contributed by atoms with Gasteiger partial charge in [-0.1, -0.05) is 50.2 Å². The second kappa shape index (κ2) is 10.9. The van der Waals surface area contributed by atoms with Crippen LogP contribution in [-0.4, -0.2) is 42.0 Å². The lowest BCUT2D eigenvalue weighted by atomic mass is 10.0. The number of rotatable bonds is 9. The number of carbonyl (C=O) groups is 3. The van der Waals surface area contributed by atoms with Crippen molar-refractivity contribution in [1.29, 1.82) is 0 Å². The summed E-state index contributed by atoms with van der Waals surface area (Å²) in [6.45, 7) is 3.90. The van der Waals surface area contributed by atoms with Crippen molar-refractivity contribution in [2.24, 2.45) is 5.92 Å². The van der Waals surface area contributed by atoms with Gasteiger partial charge in [-0.25, -0.2) is 4.79 Å². The Bertz CT molecular complexity index is 809. The van der Waals surface area contributed by atoms with Crippen LogP contribution in [0, 0.1) is 5.92 Å². The number of esters is 1. The van der Waals surface area contributed by atoms with Gasteiger partial charge < -0.3 is 15.4 Å². The summed E-state index contributed by atoms with van der Waals surface area (Å²) in [5.41, 5.74) is 1.09. The van der Waals surface area contributed by atoms with E-state index in [1.165, 1.54) is 13.3 Å². The molecule has 0 bridgehead atoms. The van der Waals surface area contributed by atoms with Crippen molar-refractivity contribution in [3.05, 3.63) is 66.0 Å². The van der Waals surface area contributed by atoms with E-state index in [2.05, 4.69) is 15.6 Å². The molecule has 0 spiro atoms. The number of ether oxygens (including phenoxy) is 1. The van der Waals surface area contributed by atoms with Crippen LogP contribution in [0.25, 0.3) is 0 Å². The zero-order valence-corrected chi connectivity index (χ0v) is 16.9. The van der Waals surface area contributed by atoms with Gasteiger partial charge in [0.1, 0.15) is 17.8 Å². The normalized spacial score (nSPS) is 12.7. The minimum atomic E-state index is -0.869. The minimum absolute atomic E-state index is 0.176. The second-order valence-electron chi connectivity index (χ2n) is 7.14. The van der Waals surface area contributed by atoms with Gasteiger partial charge >= 0.3 is 5.97 Å². The Kier molecular flexibility index (Phi) is 8.33. The summed E-state index contributed by atoms with van der Waals surface area (Å²) >= 11 is 0. The van der Waals surface area contributed by atoms with Crippen molar-refractivity contribution >= 4 is 17.8 Å². The van der Waals surface area contributed by atoms with Crippen molar-refractivity contribution < 1.29 is 19.1 Å². The van der Waals surface area contributed by atoms with E-state index in [0.717, 1.165) is 5.56 Å². The molecular formula is C22H27N3O4. The number of aromatic nitrogens is 1. The Morgan fingerprint density at radius 2 is 1.66 bits per heavy atom. The van der Waals surface area contributed by atoms with Crippen molar-refractivity contribution in [3.8, 4) is 0 Å². The first-order valence-electron chi connectivity index (χ1n) is 9.54. The fourth-order valence-corrected chi connectivity index (χ4v) is 2.89. The smallest absolute Gasteiger partial charge is 0.328 e. The van der Waals surface area contributed by atoms with Crippen LogP contribution in [0.15, 0.2) is 54.7 Å². The van der Waals surface area contributed by atoms with Crippen molar-refractivity contribution in [3.63, 3.8) is 0 Å². The summed E-state index contributed by atoms with van der Waals surface area (Å²) in [5.74, 6) is -1.24. The summed E-state index contributed by atoms with van der Waals surface area (Å²) in [5, 5.41) is 5.46. The van der Waals surface area contributed by atoms with Crippen LogP contribution in [-0.2, 0) is 20.7 Å². The van der Waals surface area contributed by atoms with Crippen LogP contribution in [0.1, 0.15) is 36.3 Å². The molecule has 7 nitrogen and oxygen atoms in total. The number of nitrogens with zero attached hydrogens (tertiary/aromatic N) is 1. The van der Waals surface area contributed by atoms with Crippen LogP contribution in [0.5, 0.6) is 0 Å². The highest BCUT2D eigenvalue weighted by molar-refractivity contribution is 5.97. The highest BCUT2D eigenvalue weighted by Crippen LogP contribution is 2.09. The quantitative estimate of drug-likeness (QED) is 0.632. The fourth-order valence-electron chi connectivity index (χ4n) is 2.89. The van der Waals surface area contributed by atoms with Gasteiger partial charge in [0.25, 0.3) is 5.91 Å². The molecule has 2 atom stereocenters. The molecule has 7 heteroatoms. The van der Waals surface area contributed by atoms with E-state index in [4.69, 9.17) is 4.74 Å². The first-order valence-corrected chi connectivity index (χ1v) is 9.54. The molecule has 0 fully saturated rings. The molecule has 2 N–H and O–H groups in total. The minimum Gasteiger partial charge on any atom is -0.467 e. The molecule has 2 amide bonds. The third kappa shape index (κ3) is 7.03. The number of amides is 2. The molecule has 1 heterocycles. The Hall–Kier alpha value is -3.22. The molecule has 2 aromatic rings. The van der Waals surface area contributed by atoms with E-state index in [-0.39, 0.29) is 18.0 Å². The number of benzene rings is 1. The van der Waals surface area contributed by atoms with E-state index in [0.29, 0.717) is 6.42 Å². The van der Waals surface area contributed by atoms with Crippen LogP contribution < -0.4 is 10.6 Å². The molecule has 154 valence electrons. The fraction of sp³-hybridized carbons (Fsp3) is 0.364. The molecule has 2 rings (SSSR count). The summed E-state index contributed by atoms with van der Waals surface area (Å²) in [6.07, 6.45) is 2.22. The Labute approximate surface area is 170 Å². The average Bonchev–Trinajstić information content (AvgIpc) is 2.73. The molecule has 0 saturated carbocycles. The number of pyridine rings is 1. The van der Waals surface area contributed by atoms with Gasteiger partial charge in [0, 0.05) is 12.6 Å². The van der Waals surface area contributed by atoms with Crippen molar-refractivity contribution in [1.82, 2.24) is 15.6 Å². The van der Waals surface area contributed by atoms with Gasteiger partial charge in [-0.3, -0.25) is 14.6 Å².